The molecule has 0 aromatic rings. The average molecular weight is 302 g/mol. The Hall–Kier alpha value is -0.120. The van der Waals surface area contributed by atoms with Crippen LogP contribution in [0.25, 0.3) is 0 Å². The molecule has 0 aliphatic carbocycles. The maximum Gasteiger partial charge on any atom is 0.0853 e. The lowest BCUT2D eigenvalue weighted by atomic mass is 10.1. The van der Waals surface area contributed by atoms with Gasteiger partial charge in [-0.05, 0) is 12.8 Å². The van der Waals surface area contributed by atoms with Crippen LogP contribution in [0.1, 0.15) is 104 Å². The summed E-state index contributed by atoms with van der Waals surface area (Å²) in [5, 5.41) is 4.72. The predicted molar refractivity (Wildman–Crippen MR) is 89.0 cm³/mol. The molecule has 0 fully saturated rings. The first-order valence-electron chi connectivity index (χ1n) is 9.32. The Kier molecular flexibility index (Phi) is 19.8. The Balaban J connectivity index is 2.90. The molecule has 0 atom stereocenters. The van der Waals surface area contributed by atoms with E-state index in [4.69, 9.17) is 14.8 Å². The van der Waals surface area contributed by atoms with Gasteiger partial charge in [-0.3, -0.25) is 0 Å². The Labute approximate surface area is 132 Å². The molecule has 0 rings (SSSR count). The molecule has 0 aliphatic rings. The SMILES string of the molecule is CCCCCCCCCOOOCCCCCCCCC. The summed E-state index contributed by atoms with van der Waals surface area (Å²) in [5.74, 6) is 0. The summed E-state index contributed by atoms with van der Waals surface area (Å²) in [5.41, 5.74) is 0. The van der Waals surface area contributed by atoms with Gasteiger partial charge in [-0.25, -0.2) is 9.78 Å². The zero-order valence-electron chi connectivity index (χ0n) is 14.5. The molecule has 3 heteroatoms. The molecule has 0 saturated heterocycles. The van der Waals surface area contributed by atoms with E-state index in [1.807, 2.05) is 0 Å². The van der Waals surface area contributed by atoms with Gasteiger partial charge in [0.15, 0.2) is 0 Å². The fourth-order valence-corrected chi connectivity index (χ4v) is 2.34. The van der Waals surface area contributed by atoms with Crippen LogP contribution < -0.4 is 0 Å². The molecule has 128 valence electrons. The van der Waals surface area contributed by atoms with E-state index in [2.05, 4.69) is 13.8 Å². The summed E-state index contributed by atoms with van der Waals surface area (Å²) in [6.45, 7) is 5.78. The van der Waals surface area contributed by atoms with Gasteiger partial charge in [0.05, 0.1) is 13.2 Å². The van der Waals surface area contributed by atoms with Gasteiger partial charge in [0.1, 0.15) is 0 Å². The predicted octanol–water partition coefficient (Wildman–Crippen LogP) is 6.37. The topological polar surface area (TPSA) is 27.7 Å². The molecule has 0 bridgehead atoms. The first-order chi connectivity index (χ1) is 10.4. The van der Waals surface area contributed by atoms with Crippen molar-refractivity contribution >= 4 is 0 Å². The summed E-state index contributed by atoms with van der Waals surface area (Å²) in [6.07, 6.45) is 18.0. The van der Waals surface area contributed by atoms with Crippen LogP contribution in [-0.4, -0.2) is 13.2 Å². The van der Waals surface area contributed by atoms with Crippen LogP contribution in [0.4, 0.5) is 0 Å². The fraction of sp³-hybridized carbons (Fsp3) is 1.00. The van der Waals surface area contributed by atoms with Crippen LogP contribution in [0.5, 0.6) is 0 Å². The van der Waals surface area contributed by atoms with E-state index in [1.54, 1.807) is 0 Å². The molecule has 0 spiro atoms. The van der Waals surface area contributed by atoms with Crippen molar-refractivity contribution in [1.29, 1.82) is 0 Å². The largest absolute Gasteiger partial charge is 0.206 e. The van der Waals surface area contributed by atoms with Crippen molar-refractivity contribution in [3.05, 3.63) is 0 Å². The summed E-state index contributed by atoms with van der Waals surface area (Å²) in [7, 11) is 0. The zero-order valence-corrected chi connectivity index (χ0v) is 14.5. The van der Waals surface area contributed by atoms with Crippen molar-refractivity contribution in [2.45, 2.75) is 104 Å². The van der Waals surface area contributed by atoms with E-state index in [1.165, 1.54) is 77.0 Å². The average Bonchev–Trinajstić information content (AvgIpc) is 2.50. The second kappa shape index (κ2) is 19.9. The Morgan fingerprint density at radius 2 is 0.762 bits per heavy atom. The summed E-state index contributed by atoms with van der Waals surface area (Å²) in [6, 6.07) is 0. The highest BCUT2D eigenvalue weighted by atomic mass is 17.5. The van der Waals surface area contributed by atoms with E-state index >= 15 is 0 Å². The fourth-order valence-electron chi connectivity index (χ4n) is 2.34. The van der Waals surface area contributed by atoms with Crippen LogP contribution in [0.2, 0.25) is 0 Å². The second-order valence-corrected chi connectivity index (χ2v) is 5.95. The van der Waals surface area contributed by atoms with Gasteiger partial charge < -0.3 is 0 Å². The van der Waals surface area contributed by atoms with Gasteiger partial charge in [0, 0.05) is 0 Å². The first kappa shape index (κ1) is 20.9. The molecule has 0 aliphatic heterocycles. The van der Waals surface area contributed by atoms with E-state index in [0.29, 0.717) is 13.2 Å². The quantitative estimate of drug-likeness (QED) is 0.167. The van der Waals surface area contributed by atoms with Crippen molar-refractivity contribution in [2.75, 3.05) is 13.2 Å². The number of hydrogen-bond acceptors (Lipinski definition) is 3. The van der Waals surface area contributed by atoms with Crippen LogP contribution >= 0.6 is 0 Å². The molecule has 0 aromatic heterocycles. The molecule has 0 amide bonds. The molecule has 0 N–H and O–H groups in total. The van der Waals surface area contributed by atoms with E-state index in [9.17, 15) is 0 Å². The molecule has 0 heterocycles. The molecule has 0 aromatic carbocycles. The van der Waals surface area contributed by atoms with E-state index in [0.717, 1.165) is 12.8 Å². The lowest BCUT2D eigenvalue weighted by Gasteiger charge is -2.04. The van der Waals surface area contributed by atoms with E-state index < -0.39 is 0 Å². The minimum Gasteiger partial charge on any atom is -0.206 e. The van der Waals surface area contributed by atoms with Crippen LogP contribution in [0.15, 0.2) is 0 Å². The van der Waals surface area contributed by atoms with Gasteiger partial charge in [-0.1, -0.05) is 95.9 Å². The number of hydrogen-bond donors (Lipinski definition) is 0. The molecular formula is C18H38O3. The van der Waals surface area contributed by atoms with Gasteiger partial charge in [0.25, 0.3) is 0 Å². The summed E-state index contributed by atoms with van der Waals surface area (Å²) >= 11 is 0. The van der Waals surface area contributed by atoms with E-state index in [-0.39, 0.29) is 0 Å². The maximum absolute atomic E-state index is 5.00. The highest BCUT2D eigenvalue weighted by Gasteiger charge is 1.94. The van der Waals surface area contributed by atoms with Crippen molar-refractivity contribution in [3.8, 4) is 0 Å². The maximum atomic E-state index is 5.00. The summed E-state index contributed by atoms with van der Waals surface area (Å²) < 4.78 is 0. The van der Waals surface area contributed by atoms with Crippen molar-refractivity contribution in [2.24, 2.45) is 0 Å². The Morgan fingerprint density at radius 1 is 0.429 bits per heavy atom. The number of unbranched alkanes of at least 4 members (excludes halogenated alkanes) is 12. The molecule has 21 heavy (non-hydrogen) atoms. The molecule has 0 unspecified atom stereocenters. The van der Waals surface area contributed by atoms with Crippen molar-refractivity contribution in [3.63, 3.8) is 0 Å². The van der Waals surface area contributed by atoms with Crippen LogP contribution in [0.3, 0.4) is 0 Å². The van der Waals surface area contributed by atoms with Crippen LogP contribution in [0, 0.1) is 0 Å². The molecular weight excluding hydrogens is 264 g/mol. The second-order valence-electron chi connectivity index (χ2n) is 5.95. The lowest BCUT2D eigenvalue weighted by molar-refractivity contribution is -0.512. The third kappa shape index (κ3) is 19.9. The standard InChI is InChI=1S/C18H38O3/c1-3-5-7-9-11-13-15-17-19-21-20-18-16-14-12-10-8-6-4-2/h3-18H2,1-2H3. The normalized spacial score (nSPS) is 11.1. The monoisotopic (exact) mass is 302 g/mol. The minimum atomic E-state index is 0.644. The van der Waals surface area contributed by atoms with Gasteiger partial charge in [-0.2, -0.15) is 0 Å². The van der Waals surface area contributed by atoms with Crippen molar-refractivity contribution < 1.29 is 14.8 Å². The highest BCUT2D eigenvalue weighted by Crippen LogP contribution is 2.08. The number of rotatable bonds is 18. The third-order valence-corrected chi connectivity index (χ3v) is 3.76. The smallest absolute Gasteiger partial charge is 0.0853 e. The summed E-state index contributed by atoms with van der Waals surface area (Å²) in [4.78, 5) is 10.00. The van der Waals surface area contributed by atoms with Crippen molar-refractivity contribution in [1.82, 2.24) is 0 Å². The lowest BCUT2D eigenvalue weighted by Crippen LogP contribution is -2.00. The van der Waals surface area contributed by atoms with Crippen LogP contribution in [-0.2, 0) is 14.8 Å². The first-order valence-corrected chi connectivity index (χ1v) is 9.32. The Bertz CT molecular complexity index is 156. The molecule has 0 saturated carbocycles. The third-order valence-electron chi connectivity index (χ3n) is 3.76. The highest BCUT2D eigenvalue weighted by molar-refractivity contribution is 4.44. The zero-order chi connectivity index (χ0) is 15.4. The minimum absolute atomic E-state index is 0.644. The van der Waals surface area contributed by atoms with Gasteiger partial charge in [0.2, 0.25) is 0 Å². The molecule has 3 nitrogen and oxygen atoms in total. The molecule has 0 radical (unpaired) electrons. The van der Waals surface area contributed by atoms with Gasteiger partial charge in [-0.15, -0.1) is 0 Å². The Morgan fingerprint density at radius 3 is 1.14 bits per heavy atom. The van der Waals surface area contributed by atoms with Gasteiger partial charge >= 0.3 is 0 Å².